The van der Waals surface area contributed by atoms with Gasteiger partial charge in [-0.2, -0.15) is 8.42 Å². The van der Waals surface area contributed by atoms with Gasteiger partial charge in [0.1, 0.15) is 24.9 Å². The Morgan fingerprint density at radius 2 is 1.70 bits per heavy atom. The second-order valence-electron chi connectivity index (χ2n) is 5.38. The van der Waals surface area contributed by atoms with Crippen LogP contribution in [0, 0.1) is 0 Å². The molecule has 0 aromatic carbocycles. The van der Waals surface area contributed by atoms with E-state index in [4.69, 9.17) is 37.6 Å². The van der Waals surface area contributed by atoms with Crippen LogP contribution in [-0.2, 0) is 24.7 Å². The average Bonchev–Trinajstić information content (AvgIpc) is 2.53. The van der Waals surface area contributed by atoms with Crippen LogP contribution in [0.15, 0.2) is 0 Å². The van der Waals surface area contributed by atoms with Gasteiger partial charge in [-0.05, 0) is 0 Å². The van der Waals surface area contributed by atoms with Crippen molar-refractivity contribution in [3.63, 3.8) is 0 Å². The third kappa shape index (κ3) is 8.39. The number of hydrogen-bond acceptors (Lipinski definition) is 11. The second-order valence-corrected chi connectivity index (χ2v) is 6.28. The largest absolute Gasteiger partial charge is 0.477 e. The summed E-state index contributed by atoms with van der Waals surface area (Å²) in [6.07, 6.45) is -7.92. The molecule has 27 heavy (non-hydrogen) atoms. The lowest BCUT2D eigenvalue weighted by molar-refractivity contribution is -0.295. The number of rotatable bonds is 6. The lowest BCUT2D eigenvalue weighted by Crippen LogP contribution is -2.67. The van der Waals surface area contributed by atoms with E-state index in [9.17, 15) is 30.0 Å². The van der Waals surface area contributed by atoms with Crippen LogP contribution < -0.4 is 5.32 Å². The molecule has 16 heteroatoms. The number of aliphatic hydroxyl groups excluding tert-OH is 5. The number of hydrogen-bond donors (Lipinski definition) is 10. The Morgan fingerprint density at radius 1 is 1.22 bits per heavy atom. The predicted octanol–water partition coefficient (Wildman–Crippen LogP) is -5.55. The third-order valence-electron chi connectivity index (χ3n) is 3.31. The molecule has 15 nitrogen and oxygen atoms in total. The summed E-state index contributed by atoms with van der Waals surface area (Å²) in [6, 6.07) is -1.42. The molecule has 1 fully saturated rings. The summed E-state index contributed by atoms with van der Waals surface area (Å²) in [5.74, 6) is -5.64. The van der Waals surface area contributed by atoms with Gasteiger partial charge in [-0.1, -0.05) is 0 Å². The van der Waals surface area contributed by atoms with E-state index in [1.165, 1.54) is 0 Å². The van der Waals surface area contributed by atoms with E-state index >= 15 is 0 Å². The zero-order chi connectivity index (χ0) is 21.6. The number of carboxylic acids is 1. The molecule has 1 amide bonds. The molecule has 1 aliphatic heterocycles. The van der Waals surface area contributed by atoms with Crippen LogP contribution >= 0.6 is 0 Å². The molecule has 0 unspecified atom stereocenters. The molecule has 1 aliphatic rings. The van der Waals surface area contributed by atoms with E-state index in [0.717, 1.165) is 0 Å². The first-order chi connectivity index (χ1) is 12.2. The van der Waals surface area contributed by atoms with E-state index < -0.39 is 78.2 Å². The average molecular weight is 423 g/mol. The van der Waals surface area contributed by atoms with Crippen molar-refractivity contribution in [3.05, 3.63) is 0 Å². The van der Waals surface area contributed by atoms with E-state index in [2.05, 4.69) is 5.32 Å². The molecule has 1 saturated heterocycles. The second kappa shape index (κ2) is 10.2. The predicted molar refractivity (Wildman–Crippen MR) is 80.4 cm³/mol. The van der Waals surface area contributed by atoms with E-state index in [1.54, 1.807) is 0 Å². The zero-order valence-corrected chi connectivity index (χ0v) is 14.3. The highest BCUT2D eigenvalue weighted by atomic mass is 32.3. The smallest absolute Gasteiger partial charge is 0.394 e. The highest BCUT2D eigenvalue weighted by Crippen LogP contribution is 2.30. The molecule has 160 valence electrons. The molecular formula is C11H21NO14S. The van der Waals surface area contributed by atoms with Crippen molar-refractivity contribution in [2.75, 3.05) is 13.2 Å². The van der Waals surface area contributed by atoms with Gasteiger partial charge in [0.25, 0.3) is 5.79 Å². The van der Waals surface area contributed by atoms with Crippen molar-refractivity contribution in [1.82, 2.24) is 5.32 Å². The third-order valence-corrected chi connectivity index (χ3v) is 3.31. The Labute approximate surface area is 152 Å². The van der Waals surface area contributed by atoms with E-state index in [-0.39, 0.29) is 0 Å². The maximum atomic E-state index is 11.2. The van der Waals surface area contributed by atoms with Crippen LogP contribution in [0.4, 0.5) is 0 Å². The van der Waals surface area contributed by atoms with Crippen LogP contribution in [0.25, 0.3) is 0 Å². The molecule has 0 aliphatic carbocycles. The number of aliphatic carboxylic acids is 1. The monoisotopic (exact) mass is 423 g/mol. The molecule has 0 radical (unpaired) electrons. The lowest BCUT2D eigenvalue weighted by atomic mass is 9.88. The molecule has 10 N–H and O–H groups in total. The van der Waals surface area contributed by atoms with Crippen molar-refractivity contribution in [2.45, 2.75) is 42.7 Å². The highest BCUT2D eigenvalue weighted by molar-refractivity contribution is 7.79. The maximum absolute atomic E-state index is 11.2. The highest BCUT2D eigenvalue weighted by Gasteiger charge is 2.53. The van der Waals surface area contributed by atoms with Crippen LogP contribution in [0.3, 0.4) is 0 Å². The minimum Gasteiger partial charge on any atom is -0.477 e. The van der Waals surface area contributed by atoms with Gasteiger partial charge in [-0.25, -0.2) is 4.79 Å². The molecule has 6 atom stereocenters. The fourth-order valence-electron chi connectivity index (χ4n) is 2.13. The van der Waals surface area contributed by atoms with Crippen LogP contribution in [0.5, 0.6) is 0 Å². The van der Waals surface area contributed by atoms with Crippen LogP contribution in [0.1, 0.15) is 6.42 Å². The number of carbonyl (C=O) groups is 2. The summed E-state index contributed by atoms with van der Waals surface area (Å²) in [6.45, 7) is -1.86. The van der Waals surface area contributed by atoms with Crippen molar-refractivity contribution >= 4 is 22.3 Å². The van der Waals surface area contributed by atoms with Crippen LogP contribution in [-0.4, -0.2) is 115 Å². The minimum absolute atomic E-state index is 0.822. The summed E-state index contributed by atoms with van der Waals surface area (Å²) in [5, 5.41) is 67.5. The number of ether oxygens (including phenoxy) is 1. The van der Waals surface area contributed by atoms with Gasteiger partial charge in [-0.15, -0.1) is 0 Å². The molecule has 0 aromatic heterocycles. The Bertz CT molecular complexity index is 602. The summed E-state index contributed by atoms with van der Waals surface area (Å²) in [5.41, 5.74) is 0. The van der Waals surface area contributed by atoms with E-state index in [1.807, 2.05) is 0 Å². The van der Waals surface area contributed by atoms with Gasteiger partial charge in [0.15, 0.2) is 0 Å². The van der Waals surface area contributed by atoms with Crippen molar-refractivity contribution in [2.24, 2.45) is 0 Å². The quantitative estimate of drug-likeness (QED) is 0.178. The van der Waals surface area contributed by atoms with Gasteiger partial charge < -0.3 is 45.8 Å². The SMILES string of the molecule is O=C(CO)N[C@H]1[C@H]([C@H](O)[C@H](O)CO)O[C@](O)(C(=O)O)C[C@@H]1O.O=S(=O)(O)O. The molecular weight excluding hydrogens is 402 g/mol. The van der Waals surface area contributed by atoms with Gasteiger partial charge >= 0.3 is 16.4 Å². The maximum Gasteiger partial charge on any atom is 0.394 e. The first-order valence-corrected chi connectivity index (χ1v) is 8.44. The standard InChI is InChI=1S/C11H19NO10.H2O4S/c13-2-5(16)8(18)9-7(12-6(17)3-14)4(15)1-11(21,22-9)10(19)20;1-5(2,3)4/h4-5,7-9,13-16,18,21H,1-3H2,(H,12,17)(H,19,20);(H2,1,2,3,4)/t4-,5+,7+,8+,9+,11-;/m0./s1. The number of aliphatic hydroxyl groups is 6. The summed E-state index contributed by atoms with van der Waals surface area (Å²) in [7, 11) is -4.67. The number of nitrogens with one attached hydrogen (secondary N) is 1. The Balaban J connectivity index is 0.00000119. The fraction of sp³-hybridized carbons (Fsp3) is 0.818. The number of carbonyl (C=O) groups excluding carboxylic acids is 1. The minimum atomic E-state index is -4.67. The number of amides is 1. The Kier molecular flexibility index (Phi) is 9.62. The summed E-state index contributed by atoms with van der Waals surface area (Å²) >= 11 is 0. The summed E-state index contributed by atoms with van der Waals surface area (Å²) in [4.78, 5) is 22.2. The van der Waals surface area contributed by atoms with Crippen molar-refractivity contribution in [1.29, 1.82) is 0 Å². The first kappa shape index (κ1) is 25.5. The molecule has 0 aromatic rings. The van der Waals surface area contributed by atoms with Gasteiger partial charge in [-0.3, -0.25) is 13.9 Å². The van der Waals surface area contributed by atoms with E-state index in [0.29, 0.717) is 0 Å². The molecule has 1 heterocycles. The Hall–Kier alpha value is -1.47. The topological polar surface area (TPSA) is 272 Å². The molecule has 0 spiro atoms. The molecule has 0 bridgehead atoms. The fourth-order valence-corrected chi connectivity index (χ4v) is 2.13. The zero-order valence-electron chi connectivity index (χ0n) is 13.5. The molecule has 0 saturated carbocycles. The first-order valence-electron chi connectivity index (χ1n) is 7.05. The van der Waals surface area contributed by atoms with Crippen LogP contribution in [0.2, 0.25) is 0 Å². The molecule has 1 rings (SSSR count). The lowest BCUT2D eigenvalue weighted by Gasteiger charge is -2.44. The Morgan fingerprint density at radius 3 is 2.07 bits per heavy atom. The van der Waals surface area contributed by atoms with Gasteiger partial charge in [0.2, 0.25) is 5.91 Å². The van der Waals surface area contributed by atoms with Gasteiger partial charge in [0, 0.05) is 6.42 Å². The van der Waals surface area contributed by atoms with Crippen molar-refractivity contribution < 1.29 is 67.6 Å². The normalized spacial score (nSPS) is 30.4. The number of carboxylic acid groups (broad SMARTS) is 1. The summed E-state index contributed by atoms with van der Waals surface area (Å²) < 4.78 is 36.4. The van der Waals surface area contributed by atoms with Crippen molar-refractivity contribution in [3.8, 4) is 0 Å². The van der Waals surface area contributed by atoms with Gasteiger partial charge in [0.05, 0.1) is 18.8 Å².